The average molecular weight is 298 g/mol. The topological polar surface area (TPSA) is 67.9 Å². The number of carbonyl (C=O) groups excluding carboxylic acids is 2. The van der Waals surface area contributed by atoms with Gasteiger partial charge in [0.25, 0.3) is 0 Å². The normalized spacial score (nSPS) is 18.4. The van der Waals surface area contributed by atoms with Gasteiger partial charge in [-0.05, 0) is 33.6 Å². The number of hydrogen-bond donors (Lipinski definition) is 1. The number of likely N-dealkylation sites (tertiary alicyclic amines) is 1. The summed E-state index contributed by atoms with van der Waals surface area (Å²) in [7, 11) is 0. The van der Waals surface area contributed by atoms with Gasteiger partial charge in [-0.2, -0.15) is 0 Å². The number of carbonyl (C=O) groups is 2. The quantitative estimate of drug-likeness (QED) is 0.597. The Morgan fingerprint density at radius 1 is 1.43 bits per heavy atom. The van der Waals surface area contributed by atoms with Crippen molar-refractivity contribution in [1.29, 1.82) is 0 Å². The molecule has 0 saturated carbocycles. The summed E-state index contributed by atoms with van der Waals surface area (Å²) in [5.41, 5.74) is -0.494. The second-order valence-electron chi connectivity index (χ2n) is 6.07. The van der Waals surface area contributed by atoms with E-state index >= 15 is 0 Å². The second kappa shape index (κ2) is 8.02. The lowest BCUT2D eigenvalue weighted by molar-refractivity contribution is -0.141. The molecule has 1 heterocycles. The van der Waals surface area contributed by atoms with E-state index in [9.17, 15) is 9.59 Å². The lowest BCUT2D eigenvalue weighted by Gasteiger charge is -2.28. The SMILES string of the molecule is C=CCOC(=O)CNC[C@H]1CCCN1C(=O)OC(C)(C)C. The first-order chi connectivity index (χ1) is 9.83. The summed E-state index contributed by atoms with van der Waals surface area (Å²) in [6.45, 7) is 10.6. The molecule has 0 radical (unpaired) electrons. The van der Waals surface area contributed by atoms with E-state index in [0.717, 1.165) is 12.8 Å². The van der Waals surface area contributed by atoms with Gasteiger partial charge in [0.15, 0.2) is 0 Å². The summed E-state index contributed by atoms with van der Waals surface area (Å²) in [6, 6.07) is 0.0621. The van der Waals surface area contributed by atoms with Crippen LogP contribution in [-0.4, -0.2) is 54.8 Å². The van der Waals surface area contributed by atoms with Crippen LogP contribution in [0.25, 0.3) is 0 Å². The Morgan fingerprint density at radius 2 is 2.14 bits per heavy atom. The fourth-order valence-corrected chi connectivity index (χ4v) is 2.15. The van der Waals surface area contributed by atoms with Crippen molar-refractivity contribution >= 4 is 12.1 Å². The van der Waals surface area contributed by atoms with Crippen LogP contribution in [0.5, 0.6) is 0 Å². The number of esters is 1. The van der Waals surface area contributed by atoms with Gasteiger partial charge < -0.3 is 19.7 Å². The molecule has 6 heteroatoms. The Hall–Kier alpha value is -1.56. The van der Waals surface area contributed by atoms with Crippen molar-refractivity contribution in [3.05, 3.63) is 12.7 Å². The molecular formula is C15H26N2O4. The Bertz CT molecular complexity index is 376. The molecule has 1 rings (SSSR count). The highest BCUT2D eigenvalue weighted by Gasteiger charge is 2.31. The average Bonchev–Trinajstić information content (AvgIpc) is 2.82. The third-order valence-electron chi connectivity index (χ3n) is 3.02. The van der Waals surface area contributed by atoms with Gasteiger partial charge in [-0.3, -0.25) is 4.79 Å². The largest absolute Gasteiger partial charge is 0.461 e. The molecule has 0 unspecified atom stereocenters. The van der Waals surface area contributed by atoms with E-state index < -0.39 is 5.60 Å². The van der Waals surface area contributed by atoms with Gasteiger partial charge in [-0.1, -0.05) is 12.7 Å². The van der Waals surface area contributed by atoms with Crippen LogP contribution < -0.4 is 5.32 Å². The van der Waals surface area contributed by atoms with Gasteiger partial charge in [0, 0.05) is 19.1 Å². The predicted molar refractivity (Wildman–Crippen MR) is 80.0 cm³/mol. The Labute approximate surface area is 126 Å². The van der Waals surface area contributed by atoms with Gasteiger partial charge in [-0.25, -0.2) is 4.79 Å². The van der Waals surface area contributed by atoms with E-state index in [2.05, 4.69) is 11.9 Å². The van der Waals surface area contributed by atoms with Crippen LogP contribution in [0.2, 0.25) is 0 Å². The van der Waals surface area contributed by atoms with E-state index in [1.54, 1.807) is 4.90 Å². The van der Waals surface area contributed by atoms with Crippen LogP contribution in [0.3, 0.4) is 0 Å². The molecule has 0 bridgehead atoms. The molecule has 1 fully saturated rings. The Morgan fingerprint density at radius 3 is 2.76 bits per heavy atom. The molecule has 0 aromatic carbocycles. The first-order valence-electron chi connectivity index (χ1n) is 7.30. The third kappa shape index (κ3) is 6.62. The summed E-state index contributed by atoms with van der Waals surface area (Å²) in [5.74, 6) is -0.322. The molecular weight excluding hydrogens is 272 g/mol. The summed E-state index contributed by atoms with van der Waals surface area (Å²) < 4.78 is 10.3. The van der Waals surface area contributed by atoms with Crippen molar-refractivity contribution in [1.82, 2.24) is 10.2 Å². The van der Waals surface area contributed by atoms with Crippen molar-refractivity contribution in [2.45, 2.75) is 45.3 Å². The molecule has 0 aliphatic carbocycles. The van der Waals surface area contributed by atoms with E-state index in [1.165, 1.54) is 6.08 Å². The van der Waals surface area contributed by atoms with Crippen molar-refractivity contribution in [3.8, 4) is 0 Å². The summed E-state index contributed by atoms with van der Waals surface area (Å²) in [5, 5.41) is 3.03. The van der Waals surface area contributed by atoms with Crippen LogP contribution in [-0.2, 0) is 14.3 Å². The zero-order chi connectivity index (χ0) is 15.9. The highest BCUT2D eigenvalue weighted by atomic mass is 16.6. The Kier molecular flexibility index (Phi) is 6.68. The summed E-state index contributed by atoms with van der Waals surface area (Å²) >= 11 is 0. The minimum absolute atomic E-state index is 0.0621. The van der Waals surface area contributed by atoms with Crippen molar-refractivity contribution in [2.24, 2.45) is 0 Å². The maximum absolute atomic E-state index is 12.1. The highest BCUT2D eigenvalue weighted by Crippen LogP contribution is 2.20. The van der Waals surface area contributed by atoms with E-state index in [4.69, 9.17) is 9.47 Å². The standard InChI is InChI=1S/C15H26N2O4/c1-5-9-20-13(18)11-16-10-12-7-6-8-17(12)14(19)21-15(2,3)4/h5,12,16H,1,6-11H2,2-4H3/t12-/m1/s1. The number of hydrogen-bond acceptors (Lipinski definition) is 5. The van der Waals surface area contributed by atoms with E-state index in [1.807, 2.05) is 20.8 Å². The lowest BCUT2D eigenvalue weighted by atomic mass is 10.2. The van der Waals surface area contributed by atoms with Crippen LogP contribution in [0.15, 0.2) is 12.7 Å². The van der Waals surface area contributed by atoms with Crippen LogP contribution in [0, 0.1) is 0 Å². The van der Waals surface area contributed by atoms with E-state index in [0.29, 0.717) is 13.1 Å². The van der Waals surface area contributed by atoms with Gasteiger partial charge in [0.05, 0.1) is 6.54 Å². The maximum atomic E-state index is 12.1. The Balaban J connectivity index is 2.35. The summed E-state index contributed by atoms with van der Waals surface area (Å²) in [6.07, 6.45) is 3.10. The predicted octanol–water partition coefficient (Wildman–Crippen LogP) is 1.70. The van der Waals surface area contributed by atoms with Crippen LogP contribution in [0.1, 0.15) is 33.6 Å². The number of amides is 1. The van der Waals surface area contributed by atoms with Gasteiger partial charge in [0.1, 0.15) is 12.2 Å². The molecule has 1 aliphatic rings. The summed E-state index contributed by atoms with van der Waals surface area (Å²) in [4.78, 5) is 25.2. The van der Waals surface area contributed by atoms with E-state index in [-0.39, 0.29) is 31.3 Å². The molecule has 1 saturated heterocycles. The number of nitrogens with one attached hydrogen (secondary N) is 1. The smallest absolute Gasteiger partial charge is 0.410 e. The molecule has 21 heavy (non-hydrogen) atoms. The molecule has 1 atom stereocenters. The van der Waals surface area contributed by atoms with Crippen LogP contribution in [0.4, 0.5) is 4.79 Å². The number of nitrogens with zero attached hydrogens (tertiary/aromatic N) is 1. The van der Waals surface area contributed by atoms with Gasteiger partial charge in [-0.15, -0.1) is 0 Å². The first-order valence-corrected chi connectivity index (χ1v) is 7.30. The van der Waals surface area contributed by atoms with Crippen molar-refractivity contribution in [3.63, 3.8) is 0 Å². The lowest BCUT2D eigenvalue weighted by Crippen LogP contribution is -2.44. The van der Waals surface area contributed by atoms with Crippen molar-refractivity contribution < 1.29 is 19.1 Å². The molecule has 120 valence electrons. The van der Waals surface area contributed by atoms with Crippen molar-refractivity contribution in [2.75, 3.05) is 26.2 Å². The molecule has 1 aliphatic heterocycles. The number of ether oxygens (including phenoxy) is 2. The van der Waals surface area contributed by atoms with Gasteiger partial charge in [0.2, 0.25) is 0 Å². The highest BCUT2D eigenvalue weighted by molar-refractivity contribution is 5.71. The molecule has 0 aromatic rings. The fourth-order valence-electron chi connectivity index (χ4n) is 2.15. The first kappa shape index (κ1) is 17.5. The minimum Gasteiger partial charge on any atom is -0.461 e. The zero-order valence-electron chi connectivity index (χ0n) is 13.2. The molecule has 1 N–H and O–H groups in total. The molecule has 0 aromatic heterocycles. The second-order valence-corrected chi connectivity index (χ2v) is 6.07. The van der Waals surface area contributed by atoms with Gasteiger partial charge >= 0.3 is 12.1 Å². The third-order valence-corrected chi connectivity index (χ3v) is 3.02. The van der Waals surface area contributed by atoms with Crippen LogP contribution >= 0.6 is 0 Å². The number of rotatable bonds is 6. The monoisotopic (exact) mass is 298 g/mol. The molecule has 6 nitrogen and oxygen atoms in total. The zero-order valence-corrected chi connectivity index (χ0v) is 13.2. The fraction of sp³-hybridized carbons (Fsp3) is 0.733. The molecule has 0 spiro atoms. The maximum Gasteiger partial charge on any atom is 0.410 e. The molecule has 1 amide bonds. The minimum atomic E-state index is -0.494.